The van der Waals surface area contributed by atoms with Crippen molar-refractivity contribution in [3.05, 3.63) is 26.9 Å². The van der Waals surface area contributed by atoms with Gasteiger partial charge in [0.1, 0.15) is 9.76 Å². The summed E-state index contributed by atoms with van der Waals surface area (Å²) >= 11 is 7.73. The molecule has 15 heavy (non-hydrogen) atoms. The number of hydrogen-bond donors (Lipinski definition) is 0. The lowest BCUT2D eigenvalue weighted by Crippen LogP contribution is -2.12. The molecule has 0 aromatic carbocycles. The summed E-state index contributed by atoms with van der Waals surface area (Å²) < 4.78 is 60.9. The molecule has 0 aliphatic rings. The van der Waals surface area contributed by atoms with E-state index in [1.165, 1.54) is 0 Å². The molecular weight excluding hydrogens is 308 g/mol. The van der Waals surface area contributed by atoms with Crippen LogP contribution in [0.25, 0.3) is 0 Å². The summed E-state index contributed by atoms with van der Waals surface area (Å²) in [5.41, 5.74) is -2.68. The van der Waals surface area contributed by atoms with Gasteiger partial charge in [0.2, 0.25) is 0 Å². The molecule has 0 atom stereocenters. The Balaban J connectivity index is 3.48. The largest absolute Gasteiger partial charge is 0.419 e. The van der Waals surface area contributed by atoms with Crippen molar-refractivity contribution >= 4 is 27.5 Å². The zero-order valence-electron chi connectivity index (χ0n) is 6.75. The normalized spacial score (nSPS) is 12.3. The first-order valence-electron chi connectivity index (χ1n) is 3.44. The van der Waals surface area contributed by atoms with E-state index in [0.717, 1.165) is 0 Å². The quantitative estimate of drug-likeness (QED) is 0.551. The van der Waals surface area contributed by atoms with Crippen LogP contribution in [0.15, 0.2) is 10.7 Å². The number of hydrogen-bond acceptors (Lipinski definition) is 1. The lowest BCUT2D eigenvalue weighted by atomic mass is 10.1. The monoisotopic (exact) mass is 309 g/mol. The number of pyridine rings is 1. The molecule has 1 aromatic heterocycles. The van der Waals surface area contributed by atoms with Crippen LogP contribution < -0.4 is 0 Å². The SMILES string of the molecule is FC(F)c1cc(Cl)nc(Br)c1C(F)(F)F. The summed E-state index contributed by atoms with van der Waals surface area (Å²) in [6.45, 7) is 0. The number of halogens is 7. The zero-order valence-corrected chi connectivity index (χ0v) is 9.09. The Labute approximate surface area is 94.4 Å². The van der Waals surface area contributed by atoms with Crippen LogP contribution in [0.3, 0.4) is 0 Å². The molecule has 0 unspecified atom stereocenters. The molecule has 8 heteroatoms. The molecule has 0 aliphatic heterocycles. The van der Waals surface area contributed by atoms with Gasteiger partial charge in [-0.05, 0) is 22.0 Å². The average molecular weight is 310 g/mol. The van der Waals surface area contributed by atoms with Gasteiger partial charge < -0.3 is 0 Å². The van der Waals surface area contributed by atoms with Gasteiger partial charge in [-0.3, -0.25) is 0 Å². The molecular formula is C7H2BrClF5N. The molecule has 0 bridgehead atoms. The van der Waals surface area contributed by atoms with Gasteiger partial charge in [-0.15, -0.1) is 0 Å². The maximum absolute atomic E-state index is 12.4. The predicted octanol–water partition coefficient (Wildman–Crippen LogP) is 4.45. The minimum atomic E-state index is -4.90. The second-order valence-electron chi connectivity index (χ2n) is 2.50. The summed E-state index contributed by atoms with van der Waals surface area (Å²) in [7, 11) is 0. The van der Waals surface area contributed by atoms with Gasteiger partial charge in [-0.1, -0.05) is 11.6 Å². The van der Waals surface area contributed by atoms with E-state index in [1.54, 1.807) is 0 Å². The van der Waals surface area contributed by atoms with Crippen LogP contribution >= 0.6 is 27.5 Å². The van der Waals surface area contributed by atoms with E-state index in [4.69, 9.17) is 11.6 Å². The van der Waals surface area contributed by atoms with Crippen molar-refractivity contribution < 1.29 is 22.0 Å². The van der Waals surface area contributed by atoms with Crippen LogP contribution in [0.5, 0.6) is 0 Å². The Bertz CT molecular complexity index is 378. The Morgan fingerprint density at radius 3 is 2.27 bits per heavy atom. The first kappa shape index (κ1) is 12.6. The van der Waals surface area contributed by atoms with Gasteiger partial charge >= 0.3 is 6.18 Å². The van der Waals surface area contributed by atoms with Crippen LogP contribution in [-0.4, -0.2) is 4.98 Å². The highest BCUT2D eigenvalue weighted by Gasteiger charge is 2.39. The highest BCUT2D eigenvalue weighted by molar-refractivity contribution is 9.10. The van der Waals surface area contributed by atoms with Gasteiger partial charge in [0.15, 0.2) is 0 Å². The van der Waals surface area contributed by atoms with E-state index in [-0.39, 0.29) is 0 Å². The molecule has 0 N–H and O–H groups in total. The van der Waals surface area contributed by atoms with Crippen molar-refractivity contribution in [2.45, 2.75) is 12.6 Å². The summed E-state index contributed by atoms with van der Waals surface area (Å²) in [6.07, 6.45) is -8.17. The van der Waals surface area contributed by atoms with Crippen LogP contribution in [0.1, 0.15) is 17.6 Å². The second-order valence-corrected chi connectivity index (χ2v) is 3.64. The van der Waals surface area contributed by atoms with Gasteiger partial charge in [0.05, 0.1) is 5.56 Å². The standard InChI is InChI=1S/C7H2BrClF5N/c8-5-4(7(12,13)14)2(6(10)11)1-3(9)15-5/h1,6H. The molecule has 1 aromatic rings. The van der Waals surface area contributed by atoms with Crippen molar-refractivity contribution in [2.24, 2.45) is 0 Å². The molecule has 84 valence electrons. The minimum Gasteiger partial charge on any atom is -0.229 e. The van der Waals surface area contributed by atoms with Crippen LogP contribution in [0, 0.1) is 0 Å². The molecule has 0 fully saturated rings. The topological polar surface area (TPSA) is 12.9 Å². The van der Waals surface area contributed by atoms with E-state index in [1.807, 2.05) is 0 Å². The van der Waals surface area contributed by atoms with E-state index >= 15 is 0 Å². The van der Waals surface area contributed by atoms with Crippen LogP contribution in [0.4, 0.5) is 22.0 Å². The molecule has 1 nitrogen and oxygen atoms in total. The first-order chi connectivity index (χ1) is 6.73. The molecule has 0 radical (unpaired) electrons. The fraction of sp³-hybridized carbons (Fsp3) is 0.286. The van der Waals surface area contributed by atoms with Gasteiger partial charge in [-0.25, -0.2) is 13.8 Å². The number of rotatable bonds is 1. The van der Waals surface area contributed by atoms with Crippen molar-refractivity contribution in [3.8, 4) is 0 Å². The molecule has 0 aliphatic carbocycles. The third-order valence-electron chi connectivity index (χ3n) is 1.49. The maximum atomic E-state index is 12.4. The lowest BCUT2D eigenvalue weighted by Gasteiger charge is -2.13. The van der Waals surface area contributed by atoms with Crippen LogP contribution in [-0.2, 0) is 6.18 Å². The fourth-order valence-electron chi connectivity index (χ4n) is 0.954. The Morgan fingerprint density at radius 2 is 1.87 bits per heavy atom. The molecule has 1 heterocycles. The Morgan fingerprint density at radius 1 is 1.33 bits per heavy atom. The van der Waals surface area contributed by atoms with Gasteiger partial charge in [0, 0.05) is 5.56 Å². The van der Waals surface area contributed by atoms with Crippen molar-refractivity contribution in [3.63, 3.8) is 0 Å². The highest BCUT2D eigenvalue weighted by atomic mass is 79.9. The predicted molar refractivity (Wildman–Crippen MR) is 46.9 cm³/mol. The Kier molecular flexibility index (Phi) is 3.55. The third kappa shape index (κ3) is 2.78. The highest BCUT2D eigenvalue weighted by Crippen LogP contribution is 2.40. The maximum Gasteiger partial charge on any atom is 0.419 e. The lowest BCUT2D eigenvalue weighted by molar-refractivity contribution is -0.140. The average Bonchev–Trinajstić information content (AvgIpc) is 1.99. The summed E-state index contributed by atoms with van der Waals surface area (Å²) in [5, 5.41) is -0.426. The molecule has 0 saturated heterocycles. The van der Waals surface area contributed by atoms with E-state index in [2.05, 4.69) is 20.9 Å². The number of nitrogens with zero attached hydrogens (tertiary/aromatic N) is 1. The minimum absolute atomic E-state index is 0.426. The smallest absolute Gasteiger partial charge is 0.229 e. The number of aromatic nitrogens is 1. The van der Waals surface area contributed by atoms with Crippen molar-refractivity contribution in [2.75, 3.05) is 0 Å². The second kappa shape index (κ2) is 4.21. The molecule has 0 amide bonds. The van der Waals surface area contributed by atoms with Crippen LogP contribution in [0.2, 0.25) is 5.15 Å². The number of alkyl halides is 5. The van der Waals surface area contributed by atoms with Crippen molar-refractivity contribution in [1.29, 1.82) is 0 Å². The van der Waals surface area contributed by atoms with Gasteiger partial charge in [0.25, 0.3) is 6.43 Å². The van der Waals surface area contributed by atoms with E-state index < -0.39 is 33.5 Å². The molecule has 0 spiro atoms. The third-order valence-corrected chi connectivity index (χ3v) is 2.26. The summed E-state index contributed by atoms with van der Waals surface area (Å²) in [6, 6.07) is 0.500. The van der Waals surface area contributed by atoms with E-state index in [0.29, 0.717) is 6.07 Å². The van der Waals surface area contributed by atoms with E-state index in [9.17, 15) is 22.0 Å². The van der Waals surface area contributed by atoms with Gasteiger partial charge in [-0.2, -0.15) is 13.2 Å². The molecule has 1 rings (SSSR count). The van der Waals surface area contributed by atoms with Crippen molar-refractivity contribution in [1.82, 2.24) is 4.98 Å². The summed E-state index contributed by atoms with van der Waals surface area (Å²) in [5.74, 6) is 0. The summed E-state index contributed by atoms with van der Waals surface area (Å²) in [4.78, 5) is 3.21. The zero-order chi connectivity index (χ0) is 11.8. The molecule has 0 saturated carbocycles. The Hall–Kier alpha value is -0.430. The first-order valence-corrected chi connectivity index (χ1v) is 4.62. The fourth-order valence-corrected chi connectivity index (χ4v) is 1.90.